The molecule has 20 heavy (non-hydrogen) atoms. The molecule has 0 saturated heterocycles. The van der Waals surface area contributed by atoms with E-state index in [2.05, 4.69) is 6.92 Å². The van der Waals surface area contributed by atoms with Crippen LogP contribution in [0.3, 0.4) is 0 Å². The molecule has 0 rings (SSSR count). The van der Waals surface area contributed by atoms with E-state index in [0.29, 0.717) is 5.38 Å². The van der Waals surface area contributed by atoms with Gasteiger partial charge in [-0.15, -0.1) is 11.6 Å². The molecule has 122 valence electrons. The minimum Gasteiger partial charge on any atom is -0.330 e. The first-order chi connectivity index (χ1) is 9.81. The number of hydrogen-bond acceptors (Lipinski definition) is 1. The zero-order valence-electron chi connectivity index (χ0n) is 13.8. The normalized spacial score (nSPS) is 12.8. The zero-order valence-corrected chi connectivity index (χ0v) is 14.6. The molecule has 0 aromatic carbocycles. The second-order valence-electron chi connectivity index (χ2n) is 6.21. The third-order valence-corrected chi connectivity index (χ3v) is 4.53. The van der Waals surface area contributed by atoms with E-state index >= 15 is 0 Å². The van der Waals surface area contributed by atoms with E-state index in [1.807, 2.05) is 0 Å². The first-order valence-electron chi connectivity index (χ1n) is 9.15. The predicted molar refractivity (Wildman–Crippen MR) is 93.6 cm³/mol. The molecule has 0 spiro atoms. The molecule has 2 N–H and O–H groups in total. The fraction of sp³-hybridized carbons (Fsp3) is 1.00. The molecule has 0 aliphatic rings. The van der Waals surface area contributed by atoms with Crippen molar-refractivity contribution in [2.75, 3.05) is 6.54 Å². The van der Waals surface area contributed by atoms with Crippen LogP contribution < -0.4 is 5.73 Å². The maximum Gasteiger partial charge on any atom is 0.0336 e. The lowest BCUT2D eigenvalue weighted by Crippen LogP contribution is -1.98. The SMILES string of the molecule is CCCCCCC(Cl)CCCCCCCCCCCN. The fourth-order valence-electron chi connectivity index (χ4n) is 2.68. The zero-order chi connectivity index (χ0) is 14.9. The van der Waals surface area contributed by atoms with E-state index in [1.54, 1.807) is 0 Å². The number of nitrogens with two attached hydrogens (primary N) is 1. The molecule has 0 saturated carbocycles. The molecule has 1 nitrogen and oxygen atoms in total. The van der Waals surface area contributed by atoms with Gasteiger partial charge in [-0.05, 0) is 25.8 Å². The summed E-state index contributed by atoms with van der Waals surface area (Å²) >= 11 is 6.36. The summed E-state index contributed by atoms with van der Waals surface area (Å²) in [5.41, 5.74) is 5.48. The third kappa shape index (κ3) is 16.3. The lowest BCUT2D eigenvalue weighted by atomic mass is 10.0. The number of hydrogen-bond donors (Lipinski definition) is 1. The molecule has 2 heteroatoms. The van der Waals surface area contributed by atoms with Crippen molar-refractivity contribution in [3.63, 3.8) is 0 Å². The Balaban J connectivity index is 3.07. The van der Waals surface area contributed by atoms with E-state index in [0.717, 1.165) is 6.54 Å². The summed E-state index contributed by atoms with van der Waals surface area (Å²) in [4.78, 5) is 0. The summed E-state index contributed by atoms with van der Waals surface area (Å²) in [6, 6.07) is 0. The highest BCUT2D eigenvalue weighted by Crippen LogP contribution is 2.17. The molecule has 0 fully saturated rings. The minimum atomic E-state index is 0.433. The summed E-state index contributed by atoms with van der Waals surface area (Å²) in [7, 11) is 0. The second kappa shape index (κ2) is 17.3. The lowest BCUT2D eigenvalue weighted by molar-refractivity contribution is 0.533. The fourth-order valence-corrected chi connectivity index (χ4v) is 2.99. The Kier molecular flexibility index (Phi) is 17.5. The number of unbranched alkanes of at least 4 members (excludes halogenated alkanes) is 11. The van der Waals surface area contributed by atoms with Gasteiger partial charge in [0.1, 0.15) is 0 Å². The van der Waals surface area contributed by atoms with Gasteiger partial charge in [0.2, 0.25) is 0 Å². The van der Waals surface area contributed by atoms with E-state index in [9.17, 15) is 0 Å². The molecule has 0 aliphatic carbocycles. The monoisotopic (exact) mass is 303 g/mol. The van der Waals surface area contributed by atoms with Crippen molar-refractivity contribution in [1.29, 1.82) is 0 Å². The van der Waals surface area contributed by atoms with Gasteiger partial charge in [0.25, 0.3) is 0 Å². The van der Waals surface area contributed by atoms with Crippen molar-refractivity contribution in [3.8, 4) is 0 Å². The summed E-state index contributed by atoms with van der Waals surface area (Å²) in [5.74, 6) is 0. The molecular weight excluding hydrogens is 266 g/mol. The van der Waals surface area contributed by atoms with Crippen molar-refractivity contribution in [2.45, 2.75) is 109 Å². The highest BCUT2D eigenvalue weighted by atomic mass is 35.5. The number of alkyl halides is 1. The Morgan fingerprint density at radius 1 is 0.650 bits per heavy atom. The molecule has 0 aromatic heterocycles. The lowest BCUT2D eigenvalue weighted by Gasteiger charge is -2.09. The van der Waals surface area contributed by atoms with Crippen LogP contribution in [0.15, 0.2) is 0 Å². The molecule has 0 heterocycles. The first-order valence-corrected chi connectivity index (χ1v) is 9.59. The summed E-state index contributed by atoms with van der Waals surface area (Å²) < 4.78 is 0. The molecule has 0 radical (unpaired) electrons. The molecule has 0 bridgehead atoms. The van der Waals surface area contributed by atoms with Gasteiger partial charge in [0.05, 0.1) is 0 Å². The van der Waals surface area contributed by atoms with Crippen molar-refractivity contribution in [3.05, 3.63) is 0 Å². The first kappa shape index (κ1) is 20.2. The van der Waals surface area contributed by atoms with Crippen molar-refractivity contribution >= 4 is 11.6 Å². The van der Waals surface area contributed by atoms with Crippen LogP contribution in [0.2, 0.25) is 0 Å². The topological polar surface area (TPSA) is 26.0 Å². The summed E-state index contributed by atoms with van der Waals surface area (Å²) in [6.07, 6.45) is 20.0. The van der Waals surface area contributed by atoms with Gasteiger partial charge in [0.15, 0.2) is 0 Å². The largest absolute Gasteiger partial charge is 0.330 e. The molecule has 0 aromatic rings. The Morgan fingerprint density at radius 3 is 1.50 bits per heavy atom. The van der Waals surface area contributed by atoms with Crippen LogP contribution in [0.4, 0.5) is 0 Å². The molecular formula is C18H38ClN. The Morgan fingerprint density at radius 2 is 1.05 bits per heavy atom. The Hall–Kier alpha value is 0.250. The Bertz CT molecular complexity index is 173. The quantitative estimate of drug-likeness (QED) is 0.258. The van der Waals surface area contributed by atoms with Crippen LogP contribution in [0.5, 0.6) is 0 Å². The van der Waals surface area contributed by atoms with E-state index in [-0.39, 0.29) is 0 Å². The van der Waals surface area contributed by atoms with Gasteiger partial charge < -0.3 is 5.73 Å². The van der Waals surface area contributed by atoms with Gasteiger partial charge >= 0.3 is 0 Å². The van der Waals surface area contributed by atoms with E-state index < -0.39 is 0 Å². The van der Waals surface area contributed by atoms with Crippen LogP contribution >= 0.6 is 11.6 Å². The maximum atomic E-state index is 6.36. The molecule has 1 atom stereocenters. The average molecular weight is 304 g/mol. The summed E-state index contributed by atoms with van der Waals surface area (Å²) in [6.45, 7) is 3.12. The molecule has 0 amide bonds. The predicted octanol–water partition coefficient (Wildman–Crippen LogP) is 6.42. The minimum absolute atomic E-state index is 0.433. The van der Waals surface area contributed by atoms with Crippen molar-refractivity contribution < 1.29 is 0 Å². The Labute approximate surface area is 133 Å². The van der Waals surface area contributed by atoms with Crippen molar-refractivity contribution in [1.82, 2.24) is 0 Å². The average Bonchev–Trinajstić information content (AvgIpc) is 2.45. The second-order valence-corrected chi connectivity index (χ2v) is 6.82. The van der Waals surface area contributed by atoms with Crippen LogP contribution in [-0.4, -0.2) is 11.9 Å². The van der Waals surface area contributed by atoms with Crippen LogP contribution in [0, 0.1) is 0 Å². The highest BCUT2D eigenvalue weighted by Gasteiger charge is 2.03. The molecule has 0 aliphatic heterocycles. The van der Waals surface area contributed by atoms with Gasteiger partial charge in [-0.2, -0.15) is 0 Å². The number of rotatable bonds is 16. The van der Waals surface area contributed by atoms with Gasteiger partial charge in [0, 0.05) is 5.38 Å². The third-order valence-electron chi connectivity index (χ3n) is 4.09. The standard InChI is InChI=1S/C18H38ClN/c1-2-3-4-12-15-18(19)16-13-10-8-6-5-7-9-11-14-17-20/h18H,2-17,20H2,1H3. The van der Waals surface area contributed by atoms with E-state index in [1.165, 1.54) is 96.3 Å². The van der Waals surface area contributed by atoms with Gasteiger partial charge in [-0.3, -0.25) is 0 Å². The van der Waals surface area contributed by atoms with Crippen LogP contribution in [0.1, 0.15) is 103 Å². The van der Waals surface area contributed by atoms with Crippen LogP contribution in [-0.2, 0) is 0 Å². The van der Waals surface area contributed by atoms with Gasteiger partial charge in [-0.1, -0.05) is 84.0 Å². The van der Waals surface area contributed by atoms with Crippen LogP contribution in [0.25, 0.3) is 0 Å². The molecule has 1 unspecified atom stereocenters. The summed E-state index contributed by atoms with van der Waals surface area (Å²) in [5, 5.41) is 0.433. The van der Waals surface area contributed by atoms with E-state index in [4.69, 9.17) is 17.3 Å². The smallest absolute Gasteiger partial charge is 0.0336 e. The van der Waals surface area contributed by atoms with Gasteiger partial charge in [-0.25, -0.2) is 0 Å². The number of halogens is 1. The highest BCUT2D eigenvalue weighted by molar-refractivity contribution is 6.20. The maximum absolute atomic E-state index is 6.36. The van der Waals surface area contributed by atoms with Crippen molar-refractivity contribution in [2.24, 2.45) is 5.73 Å².